The Bertz CT molecular complexity index is 1350. The quantitative estimate of drug-likeness (QED) is 0.238. The number of carbonyl (C=O) groups is 3. The molecule has 10 heteroatoms. The lowest BCUT2D eigenvalue weighted by Gasteiger charge is -2.13. The molecule has 184 valence electrons. The Morgan fingerprint density at radius 1 is 1.14 bits per heavy atom. The highest BCUT2D eigenvalue weighted by Crippen LogP contribution is 2.35. The largest absolute Gasteiger partial charge is 0.488 e. The van der Waals surface area contributed by atoms with Gasteiger partial charge in [-0.2, -0.15) is 0 Å². The van der Waals surface area contributed by atoms with Crippen molar-refractivity contribution < 1.29 is 23.5 Å². The molecule has 1 aliphatic heterocycles. The molecule has 0 radical (unpaired) electrons. The molecule has 4 rings (SSSR count). The Morgan fingerprint density at radius 3 is 2.67 bits per heavy atom. The van der Waals surface area contributed by atoms with Gasteiger partial charge in [0.2, 0.25) is 5.91 Å². The van der Waals surface area contributed by atoms with Crippen LogP contribution in [0, 0.1) is 5.82 Å². The van der Waals surface area contributed by atoms with Gasteiger partial charge in [-0.15, -0.1) is 11.8 Å². The van der Waals surface area contributed by atoms with E-state index in [0.717, 1.165) is 31.6 Å². The van der Waals surface area contributed by atoms with Crippen LogP contribution in [0.2, 0.25) is 0 Å². The minimum Gasteiger partial charge on any atom is -0.488 e. The Morgan fingerprint density at radius 2 is 1.92 bits per heavy atom. The van der Waals surface area contributed by atoms with Crippen molar-refractivity contribution in [2.45, 2.75) is 11.5 Å². The number of nitrogens with one attached hydrogen (secondary N) is 1. The zero-order valence-corrected chi connectivity index (χ0v) is 22.2. The van der Waals surface area contributed by atoms with Crippen molar-refractivity contribution in [3.63, 3.8) is 0 Å². The van der Waals surface area contributed by atoms with Gasteiger partial charge in [-0.1, -0.05) is 34.1 Å². The summed E-state index contributed by atoms with van der Waals surface area (Å²) in [6.45, 7) is -0.194. The number of anilines is 1. The molecule has 0 unspecified atom stereocenters. The van der Waals surface area contributed by atoms with Gasteiger partial charge in [0.15, 0.2) is 0 Å². The summed E-state index contributed by atoms with van der Waals surface area (Å²) in [5, 5.41) is 2.20. The number of nitrogens with zero attached hydrogens (tertiary/aromatic N) is 1. The summed E-state index contributed by atoms with van der Waals surface area (Å²) in [6, 6.07) is 18.5. The Hall–Kier alpha value is -3.08. The van der Waals surface area contributed by atoms with Crippen LogP contribution >= 0.6 is 39.5 Å². The number of carbonyl (C=O) groups excluding carboxylic acids is 3. The van der Waals surface area contributed by atoms with Crippen LogP contribution in [0.15, 0.2) is 81.0 Å². The summed E-state index contributed by atoms with van der Waals surface area (Å²) in [6.07, 6.45) is 3.49. The van der Waals surface area contributed by atoms with Crippen molar-refractivity contribution in [1.82, 2.24) is 4.90 Å². The maximum Gasteiger partial charge on any atom is 0.294 e. The number of thioether (sulfide) groups is 2. The minimum atomic E-state index is -0.553. The second-order valence-corrected chi connectivity index (χ2v) is 10.4. The van der Waals surface area contributed by atoms with Crippen LogP contribution in [0.5, 0.6) is 5.75 Å². The summed E-state index contributed by atoms with van der Waals surface area (Å²) >= 11 is 5.72. The third-order valence-corrected chi connectivity index (χ3v) is 7.22. The smallest absolute Gasteiger partial charge is 0.294 e. The van der Waals surface area contributed by atoms with Gasteiger partial charge in [-0.25, -0.2) is 4.39 Å². The first-order valence-electron chi connectivity index (χ1n) is 10.7. The highest BCUT2D eigenvalue weighted by molar-refractivity contribution is 9.10. The van der Waals surface area contributed by atoms with Crippen molar-refractivity contribution in [2.24, 2.45) is 0 Å². The number of hydrogen-bond acceptors (Lipinski definition) is 6. The zero-order valence-electron chi connectivity index (χ0n) is 19.0. The van der Waals surface area contributed by atoms with Crippen LogP contribution in [-0.4, -0.2) is 34.8 Å². The van der Waals surface area contributed by atoms with E-state index in [-0.39, 0.29) is 17.3 Å². The maximum absolute atomic E-state index is 13.2. The minimum absolute atomic E-state index is 0.182. The molecule has 1 N–H and O–H groups in total. The lowest BCUT2D eigenvalue weighted by atomic mass is 10.1. The number of halogens is 2. The molecule has 1 saturated heterocycles. The Kier molecular flexibility index (Phi) is 8.50. The van der Waals surface area contributed by atoms with Crippen molar-refractivity contribution in [3.05, 3.63) is 93.1 Å². The fourth-order valence-corrected chi connectivity index (χ4v) is 5.00. The van der Waals surface area contributed by atoms with E-state index in [9.17, 15) is 18.8 Å². The van der Waals surface area contributed by atoms with Crippen LogP contribution in [0.3, 0.4) is 0 Å². The van der Waals surface area contributed by atoms with E-state index in [0.29, 0.717) is 17.0 Å². The molecule has 0 aliphatic carbocycles. The van der Waals surface area contributed by atoms with Crippen LogP contribution in [0.25, 0.3) is 6.08 Å². The molecular weight excluding hydrogens is 567 g/mol. The molecule has 1 fully saturated rings. The highest BCUT2D eigenvalue weighted by Gasteiger charge is 2.36. The van der Waals surface area contributed by atoms with Crippen LogP contribution in [-0.2, 0) is 16.2 Å². The fourth-order valence-electron chi connectivity index (χ4n) is 3.33. The number of ether oxygens (including phenoxy) is 1. The monoisotopic (exact) mass is 586 g/mol. The second kappa shape index (κ2) is 11.8. The molecule has 3 aromatic carbocycles. The van der Waals surface area contributed by atoms with Crippen molar-refractivity contribution in [1.29, 1.82) is 0 Å². The second-order valence-electron chi connectivity index (χ2n) is 7.65. The maximum atomic E-state index is 13.2. The summed E-state index contributed by atoms with van der Waals surface area (Å²) in [5.74, 6) is -0.869. The SMILES string of the molecule is CSc1cccc(NC(=O)CN2C(=O)S/C(=C\c3cc(Br)ccc3OCc3ccc(F)cc3)C2=O)c1. The van der Waals surface area contributed by atoms with Crippen LogP contribution in [0.4, 0.5) is 14.9 Å². The van der Waals surface area contributed by atoms with Gasteiger partial charge < -0.3 is 10.1 Å². The van der Waals surface area contributed by atoms with E-state index in [4.69, 9.17) is 4.74 Å². The Balaban J connectivity index is 1.47. The van der Waals surface area contributed by atoms with Gasteiger partial charge in [0.1, 0.15) is 24.7 Å². The normalized spacial score (nSPS) is 14.4. The van der Waals surface area contributed by atoms with Crippen LogP contribution < -0.4 is 10.1 Å². The summed E-state index contributed by atoms with van der Waals surface area (Å²) in [7, 11) is 0. The number of hydrogen-bond donors (Lipinski definition) is 1. The first kappa shape index (κ1) is 26.0. The molecule has 3 amide bonds. The number of imide groups is 1. The molecule has 0 saturated carbocycles. The molecule has 0 atom stereocenters. The fraction of sp³-hybridized carbons (Fsp3) is 0.115. The standard InChI is InChI=1S/C26H20BrFN2O4S2/c1-35-21-4-2-3-20(13-21)29-24(31)14-30-25(32)23(36-26(30)33)12-17-11-18(27)7-10-22(17)34-15-16-5-8-19(28)9-6-16/h2-13H,14-15H2,1H3,(H,29,31)/b23-12-. The van der Waals surface area contributed by atoms with E-state index in [1.165, 1.54) is 12.1 Å². The number of benzene rings is 3. The first-order chi connectivity index (χ1) is 17.3. The lowest BCUT2D eigenvalue weighted by Crippen LogP contribution is -2.36. The van der Waals surface area contributed by atoms with E-state index in [1.54, 1.807) is 54.2 Å². The van der Waals surface area contributed by atoms with E-state index in [1.807, 2.05) is 24.5 Å². The third kappa shape index (κ3) is 6.57. The van der Waals surface area contributed by atoms with Crippen LogP contribution in [0.1, 0.15) is 11.1 Å². The van der Waals surface area contributed by atoms with Gasteiger partial charge in [-0.3, -0.25) is 19.3 Å². The van der Waals surface area contributed by atoms with E-state index in [2.05, 4.69) is 21.2 Å². The molecule has 1 heterocycles. The summed E-state index contributed by atoms with van der Waals surface area (Å²) in [5.41, 5.74) is 1.95. The Labute approximate surface area is 224 Å². The molecule has 36 heavy (non-hydrogen) atoms. The summed E-state index contributed by atoms with van der Waals surface area (Å²) in [4.78, 5) is 40.1. The molecule has 0 bridgehead atoms. The molecular formula is C26H20BrFN2O4S2. The first-order valence-corrected chi connectivity index (χ1v) is 13.5. The van der Waals surface area contributed by atoms with E-state index < -0.39 is 23.6 Å². The van der Waals surface area contributed by atoms with E-state index >= 15 is 0 Å². The summed E-state index contributed by atoms with van der Waals surface area (Å²) < 4.78 is 19.8. The molecule has 0 aromatic heterocycles. The number of amides is 3. The third-order valence-electron chi connectivity index (χ3n) is 5.09. The topological polar surface area (TPSA) is 75.7 Å². The molecule has 0 spiro atoms. The average molecular weight is 587 g/mol. The molecule has 6 nitrogen and oxygen atoms in total. The highest BCUT2D eigenvalue weighted by atomic mass is 79.9. The van der Waals surface area contributed by atoms with Gasteiger partial charge in [0.05, 0.1) is 4.91 Å². The molecule has 3 aromatic rings. The van der Waals surface area contributed by atoms with Crippen molar-refractivity contribution >= 4 is 68.3 Å². The average Bonchev–Trinajstić information content (AvgIpc) is 3.12. The predicted octanol–water partition coefficient (Wildman–Crippen LogP) is 6.56. The van der Waals surface area contributed by atoms with Gasteiger partial charge >= 0.3 is 0 Å². The van der Waals surface area contributed by atoms with Crippen molar-refractivity contribution in [2.75, 3.05) is 18.1 Å². The van der Waals surface area contributed by atoms with Gasteiger partial charge in [0.25, 0.3) is 11.1 Å². The van der Waals surface area contributed by atoms with Gasteiger partial charge in [0, 0.05) is 20.6 Å². The van der Waals surface area contributed by atoms with Gasteiger partial charge in [-0.05, 0) is 78.2 Å². The predicted molar refractivity (Wildman–Crippen MR) is 144 cm³/mol. The zero-order chi connectivity index (χ0) is 25.7. The number of rotatable bonds is 8. The molecule has 1 aliphatic rings. The van der Waals surface area contributed by atoms with Crippen molar-refractivity contribution in [3.8, 4) is 5.75 Å². The lowest BCUT2D eigenvalue weighted by molar-refractivity contribution is -0.127.